The van der Waals surface area contributed by atoms with Gasteiger partial charge in [-0.1, -0.05) is 72.1 Å². The average molecular weight is 412 g/mol. The molecule has 0 radical (unpaired) electrons. The maximum Gasteiger partial charge on any atom is 0.230 e. The van der Waals surface area contributed by atoms with Gasteiger partial charge < -0.3 is 5.32 Å². The molecule has 0 saturated carbocycles. The molecule has 0 spiro atoms. The Kier molecular flexibility index (Phi) is 11.4. The van der Waals surface area contributed by atoms with Gasteiger partial charge in [0.05, 0.1) is 0 Å². The van der Waals surface area contributed by atoms with Gasteiger partial charge in [0, 0.05) is 5.41 Å². The fourth-order valence-corrected chi connectivity index (χ4v) is 4.24. The van der Waals surface area contributed by atoms with Gasteiger partial charge in [-0.15, -0.1) is 23.5 Å². The Morgan fingerprint density at radius 1 is 0.926 bits per heavy atom. The fraction of sp³-hybridized carbons (Fsp3) is 0.762. The minimum absolute atomic E-state index is 0.0588. The van der Waals surface area contributed by atoms with Gasteiger partial charge in [0.2, 0.25) is 5.91 Å². The fourth-order valence-electron chi connectivity index (χ4n) is 3.02. The number of hydrogen-bond acceptors (Lipinski definition) is 5. The van der Waals surface area contributed by atoms with E-state index in [1.54, 1.807) is 23.5 Å². The largest absolute Gasteiger partial charge is 0.321 e. The van der Waals surface area contributed by atoms with Gasteiger partial charge in [0.1, 0.15) is 21.6 Å². The summed E-state index contributed by atoms with van der Waals surface area (Å²) in [6, 6.07) is 0. The van der Waals surface area contributed by atoms with Gasteiger partial charge in [0.25, 0.3) is 0 Å². The highest BCUT2D eigenvalue weighted by molar-refractivity contribution is 7.99. The van der Waals surface area contributed by atoms with Crippen LogP contribution in [0.25, 0.3) is 0 Å². The summed E-state index contributed by atoms with van der Waals surface area (Å²) in [7, 11) is 0. The zero-order valence-corrected chi connectivity index (χ0v) is 19.6. The highest BCUT2D eigenvalue weighted by atomic mass is 32.2. The standard InChI is InChI=1S/C21H37N3OS2/c1-7-8-9-10-11-12-13-14-15-21(3,4)20(25)24-17-18(26-5)22-16(2)23-19(17)27-6/h7-15H2,1-6H3,(H,24,25). The SMILES string of the molecule is CCCCCCCCCCC(C)(C)C(=O)Nc1c(SC)nc(C)nc1SC. The van der Waals surface area contributed by atoms with Crippen molar-refractivity contribution in [3.05, 3.63) is 5.82 Å². The van der Waals surface area contributed by atoms with E-state index in [1.165, 1.54) is 44.9 Å². The summed E-state index contributed by atoms with van der Waals surface area (Å²) in [5.74, 6) is 0.795. The Bertz CT molecular complexity index is 566. The Morgan fingerprint density at radius 2 is 1.41 bits per heavy atom. The van der Waals surface area contributed by atoms with Crippen LogP contribution in [0.2, 0.25) is 0 Å². The molecule has 0 aliphatic carbocycles. The van der Waals surface area contributed by atoms with E-state index in [1.807, 2.05) is 33.3 Å². The molecule has 0 atom stereocenters. The van der Waals surface area contributed by atoms with Gasteiger partial charge in [0.15, 0.2) is 0 Å². The monoisotopic (exact) mass is 411 g/mol. The second kappa shape index (κ2) is 12.7. The lowest BCUT2D eigenvalue weighted by Gasteiger charge is -2.24. The molecular weight excluding hydrogens is 374 g/mol. The molecule has 6 heteroatoms. The molecule has 0 fully saturated rings. The second-order valence-electron chi connectivity index (χ2n) is 7.73. The number of aryl methyl sites for hydroxylation is 1. The van der Waals surface area contributed by atoms with Crippen LogP contribution in [-0.4, -0.2) is 28.4 Å². The molecule has 0 unspecified atom stereocenters. The number of nitrogens with one attached hydrogen (secondary N) is 1. The summed E-state index contributed by atoms with van der Waals surface area (Å²) >= 11 is 3.09. The summed E-state index contributed by atoms with van der Waals surface area (Å²) in [6.07, 6.45) is 15.1. The van der Waals surface area contributed by atoms with Crippen LogP contribution in [0.5, 0.6) is 0 Å². The zero-order valence-electron chi connectivity index (χ0n) is 18.0. The number of nitrogens with zero attached hydrogens (tertiary/aromatic N) is 2. The van der Waals surface area contributed by atoms with Gasteiger partial charge in [-0.25, -0.2) is 9.97 Å². The van der Waals surface area contributed by atoms with Crippen LogP contribution in [0, 0.1) is 12.3 Å². The summed E-state index contributed by atoms with van der Waals surface area (Å²) in [5, 5.41) is 4.79. The maximum atomic E-state index is 12.9. The van der Waals surface area contributed by atoms with Crippen LogP contribution in [0.15, 0.2) is 10.1 Å². The average Bonchev–Trinajstić information content (AvgIpc) is 2.64. The molecule has 0 saturated heterocycles. The van der Waals surface area contributed by atoms with Crippen molar-refractivity contribution in [1.29, 1.82) is 0 Å². The van der Waals surface area contributed by atoms with Gasteiger partial charge in [-0.2, -0.15) is 0 Å². The van der Waals surface area contributed by atoms with Crippen molar-refractivity contribution in [2.45, 2.75) is 95.5 Å². The second-order valence-corrected chi connectivity index (χ2v) is 9.32. The smallest absolute Gasteiger partial charge is 0.230 e. The van der Waals surface area contributed by atoms with E-state index in [0.717, 1.165) is 34.4 Å². The summed E-state index contributed by atoms with van der Waals surface area (Å²) in [4.78, 5) is 21.9. The Hall–Kier alpha value is -0.750. The van der Waals surface area contributed by atoms with Gasteiger partial charge >= 0.3 is 0 Å². The van der Waals surface area contributed by atoms with Crippen LogP contribution in [-0.2, 0) is 4.79 Å². The summed E-state index contributed by atoms with van der Waals surface area (Å²) in [5.41, 5.74) is 0.368. The maximum absolute atomic E-state index is 12.9. The minimum atomic E-state index is -0.390. The van der Waals surface area contributed by atoms with Crippen molar-refractivity contribution in [3.8, 4) is 0 Å². The van der Waals surface area contributed by atoms with Crippen LogP contribution in [0.1, 0.15) is 84.4 Å². The van der Waals surface area contributed by atoms with E-state index in [0.29, 0.717) is 0 Å². The van der Waals surface area contributed by atoms with Crippen molar-refractivity contribution in [3.63, 3.8) is 0 Å². The number of carbonyl (C=O) groups is 1. The van der Waals surface area contributed by atoms with E-state index in [4.69, 9.17) is 0 Å². The predicted octanol–water partition coefficient (Wildman–Crippen LogP) is 6.72. The van der Waals surface area contributed by atoms with Gasteiger partial charge in [-0.3, -0.25) is 4.79 Å². The lowest BCUT2D eigenvalue weighted by molar-refractivity contribution is -0.124. The molecule has 1 N–H and O–H groups in total. The number of unbranched alkanes of at least 4 members (excludes halogenated alkanes) is 7. The highest BCUT2D eigenvalue weighted by Crippen LogP contribution is 2.34. The molecule has 0 bridgehead atoms. The molecule has 0 aliphatic heterocycles. The molecular formula is C21H37N3OS2. The third kappa shape index (κ3) is 8.43. The van der Waals surface area contributed by atoms with Crippen LogP contribution in [0.4, 0.5) is 5.69 Å². The third-order valence-corrected chi connectivity index (χ3v) is 6.21. The van der Waals surface area contributed by atoms with E-state index < -0.39 is 5.41 Å². The number of hydrogen-bond donors (Lipinski definition) is 1. The number of amides is 1. The van der Waals surface area contributed by atoms with Crippen molar-refractivity contribution >= 4 is 35.1 Å². The molecule has 1 rings (SSSR count). The lowest BCUT2D eigenvalue weighted by atomic mass is 9.85. The summed E-state index contributed by atoms with van der Waals surface area (Å²) in [6.45, 7) is 8.21. The normalized spacial score (nSPS) is 11.6. The van der Waals surface area contributed by atoms with Crippen molar-refractivity contribution in [2.75, 3.05) is 17.8 Å². The third-order valence-electron chi connectivity index (χ3n) is 4.85. The first-order chi connectivity index (χ1) is 12.9. The first-order valence-corrected chi connectivity index (χ1v) is 12.6. The highest BCUT2D eigenvalue weighted by Gasteiger charge is 2.28. The number of rotatable bonds is 13. The quantitative estimate of drug-likeness (QED) is 0.222. The van der Waals surface area contributed by atoms with Crippen LogP contribution in [0.3, 0.4) is 0 Å². The number of aromatic nitrogens is 2. The molecule has 1 amide bonds. The lowest BCUT2D eigenvalue weighted by Crippen LogP contribution is -2.31. The van der Waals surface area contributed by atoms with Crippen LogP contribution >= 0.6 is 23.5 Å². The molecule has 0 aromatic carbocycles. The molecule has 154 valence electrons. The first-order valence-electron chi connectivity index (χ1n) is 10.1. The predicted molar refractivity (Wildman–Crippen MR) is 120 cm³/mol. The van der Waals surface area contributed by atoms with E-state index in [-0.39, 0.29) is 5.91 Å². The molecule has 1 heterocycles. The molecule has 1 aromatic heterocycles. The molecule has 27 heavy (non-hydrogen) atoms. The minimum Gasteiger partial charge on any atom is -0.321 e. The van der Waals surface area contributed by atoms with E-state index in [2.05, 4.69) is 22.2 Å². The Labute approximate surface area is 174 Å². The van der Waals surface area contributed by atoms with E-state index >= 15 is 0 Å². The molecule has 1 aromatic rings. The van der Waals surface area contributed by atoms with Crippen molar-refractivity contribution in [2.24, 2.45) is 5.41 Å². The van der Waals surface area contributed by atoms with E-state index in [9.17, 15) is 4.79 Å². The molecule has 4 nitrogen and oxygen atoms in total. The Morgan fingerprint density at radius 3 is 1.89 bits per heavy atom. The zero-order chi connectivity index (χ0) is 20.3. The number of thioether (sulfide) groups is 2. The van der Waals surface area contributed by atoms with Crippen molar-refractivity contribution < 1.29 is 4.79 Å². The number of anilines is 1. The number of carbonyl (C=O) groups excluding carboxylic acids is 1. The topological polar surface area (TPSA) is 54.9 Å². The molecule has 0 aliphatic rings. The van der Waals surface area contributed by atoms with Crippen molar-refractivity contribution in [1.82, 2.24) is 9.97 Å². The summed E-state index contributed by atoms with van der Waals surface area (Å²) < 4.78 is 0. The Balaban J connectivity index is 2.55. The van der Waals surface area contributed by atoms with Crippen LogP contribution < -0.4 is 5.32 Å². The first kappa shape index (κ1) is 24.3. The van der Waals surface area contributed by atoms with Gasteiger partial charge in [-0.05, 0) is 25.9 Å².